The van der Waals surface area contributed by atoms with E-state index in [9.17, 15) is 19.7 Å². The Morgan fingerprint density at radius 1 is 1.12 bits per heavy atom. The van der Waals surface area contributed by atoms with Gasteiger partial charge >= 0.3 is 0 Å². The van der Waals surface area contributed by atoms with Crippen LogP contribution in [-0.4, -0.2) is 39.0 Å². The van der Waals surface area contributed by atoms with Crippen molar-refractivity contribution >= 4 is 29.3 Å². The lowest BCUT2D eigenvalue weighted by molar-refractivity contribution is -0.384. The number of nitro benzene ring substituents is 1. The Bertz CT molecular complexity index is 954. The summed E-state index contributed by atoms with van der Waals surface area (Å²) in [5.74, 6) is 0.425. The Hall–Kier alpha value is -2.87. The second-order valence-corrected chi connectivity index (χ2v) is 9.83. The maximum Gasteiger partial charge on any atom is 0.269 e. The van der Waals surface area contributed by atoms with E-state index in [4.69, 9.17) is 0 Å². The van der Waals surface area contributed by atoms with Gasteiger partial charge in [0.2, 0.25) is 11.8 Å². The van der Waals surface area contributed by atoms with Crippen molar-refractivity contribution < 1.29 is 14.5 Å². The maximum atomic E-state index is 13.1. The molecule has 0 aliphatic rings. The first-order valence-electron chi connectivity index (χ1n) is 10.4. The van der Waals surface area contributed by atoms with Crippen molar-refractivity contribution in [3.63, 3.8) is 0 Å². The summed E-state index contributed by atoms with van der Waals surface area (Å²) in [6, 6.07) is 13.6. The highest BCUT2D eigenvalue weighted by molar-refractivity contribution is 7.99. The largest absolute Gasteiger partial charge is 0.350 e. The monoisotopic (exact) mass is 457 g/mol. The number of carbonyl (C=O) groups is 2. The van der Waals surface area contributed by atoms with E-state index in [1.54, 1.807) is 24.0 Å². The number of aryl methyl sites for hydroxylation is 1. The molecule has 0 fully saturated rings. The van der Waals surface area contributed by atoms with Gasteiger partial charge in [-0.1, -0.05) is 42.0 Å². The molecule has 2 aromatic carbocycles. The van der Waals surface area contributed by atoms with Crippen molar-refractivity contribution in [2.45, 2.75) is 58.5 Å². The Morgan fingerprint density at radius 2 is 1.78 bits per heavy atom. The van der Waals surface area contributed by atoms with Crippen LogP contribution in [0.2, 0.25) is 0 Å². The van der Waals surface area contributed by atoms with Gasteiger partial charge in [0.25, 0.3) is 5.69 Å². The van der Waals surface area contributed by atoms with Crippen molar-refractivity contribution in [2.24, 2.45) is 0 Å². The molecule has 0 spiro atoms. The second-order valence-electron chi connectivity index (χ2n) is 8.84. The molecular formula is C24H31N3O4S. The van der Waals surface area contributed by atoms with Crippen LogP contribution in [0.15, 0.2) is 48.5 Å². The van der Waals surface area contributed by atoms with E-state index in [2.05, 4.69) is 5.32 Å². The van der Waals surface area contributed by atoms with Gasteiger partial charge in [-0.05, 0) is 45.7 Å². The predicted octanol–water partition coefficient (Wildman–Crippen LogP) is 4.47. The molecule has 1 N–H and O–H groups in total. The third-order valence-electron chi connectivity index (χ3n) is 4.74. The summed E-state index contributed by atoms with van der Waals surface area (Å²) in [6.07, 6.45) is 0. The van der Waals surface area contributed by atoms with Gasteiger partial charge < -0.3 is 10.2 Å². The van der Waals surface area contributed by atoms with Gasteiger partial charge in [-0.2, -0.15) is 0 Å². The number of carbonyl (C=O) groups excluding carboxylic acids is 2. The van der Waals surface area contributed by atoms with Crippen molar-refractivity contribution in [1.82, 2.24) is 10.2 Å². The molecule has 0 aliphatic heterocycles. The number of benzene rings is 2. The van der Waals surface area contributed by atoms with Crippen LogP contribution in [0, 0.1) is 17.0 Å². The second kappa shape index (κ2) is 11.1. The Balaban J connectivity index is 2.08. The van der Waals surface area contributed by atoms with Crippen LogP contribution in [0.3, 0.4) is 0 Å². The van der Waals surface area contributed by atoms with Crippen LogP contribution in [0.5, 0.6) is 0 Å². The fraction of sp³-hybridized carbons (Fsp3) is 0.417. The minimum Gasteiger partial charge on any atom is -0.350 e. The molecule has 0 bridgehead atoms. The highest BCUT2D eigenvalue weighted by Crippen LogP contribution is 2.19. The molecule has 0 aliphatic carbocycles. The van der Waals surface area contributed by atoms with Crippen molar-refractivity contribution in [3.05, 3.63) is 75.3 Å². The van der Waals surface area contributed by atoms with E-state index < -0.39 is 16.5 Å². The van der Waals surface area contributed by atoms with Crippen LogP contribution in [-0.2, 0) is 21.9 Å². The minimum atomic E-state index is -0.623. The van der Waals surface area contributed by atoms with Crippen molar-refractivity contribution in [1.29, 1.82) is 0 Å². The van der Waals surface area contributed by atoms with E-state index in [0.717, 1.165) is 16.7 Å². The predicted molar refractivity (Wildman–Crippen MR) is 128 cm³/mol. The van der Waals surface area contributed by atoms with Gasteiger partial charge in [-0.25, -0.2) is 0 Å². The summed E-state index contributed by atoms with van der Waals surface area (Å²) >= 11 is 1.42. The Kier molecular flexibility index (Phi) is 8.83. The highest BCUT2D eigenvalue weighted by atomic mass is 32.2. The maximum absolute atomic E-state index is 13.1. The van der Waals surface area contributed by atoms with Gasteiger partial charge in [0.15, 0.2) is 0 Å². The van der Waals surface area contributed by atoms with E-state index in [1.165, 1.54) is 23.9 Å². The molecule has 8 heteroatoms. The third kappa shape index (κ3) is 8.00. The molecule has 2 aromatic rings. The number of hydrogen-bond acceptors (Lipinski definition) is 5. The standard InChI is InChI=1S/C24H31N3O4S/c1-17-7-6-8-20(13-17)14-26(18(2)23(29)25-24(3,4)5)22(28)16-32-15-19-9-11-21(12-10-19)27(30)31/h6-13,18H,14-16H2,1-5H3,(H,25,29). The molecular weight excluding hydrogens is 426 g/mol. The van der Waals surface area contributed by atoms with E-state index in [1.807, 2.05) is 52.0 Å². The quantitative estimate of drug-likeness (QED) is 0.443. The van der Waals surface area contributed by atoms with Crippen LogP contribution < -0.4 is 5.32 Å². The van der Waals surface area contributed by atoms with Crippen LogP contribution >= 0.6 is 11.8 Å². The molecule has 0 aromatic heterocycles. The summed E-state index contributed by atoms with van der Waals surface area (Å²) in [7, 11) is 0. The highest BCUT2D eigenvalue weighted by Gasteiger charge is 2.28. The number of non-ortho nitro benzene ring substituents is 1. The molecule has 2 amide bonds. The average molecular weight is 458 g/mol. The molecule has 0 heterocycles. The fourth-order valence-electron chi connectivity index (χ4n) is 3.12. The number of rotatable bonds is 9. The normalized spacial score (nSPS) is 12.2. The minimum absolute atomic E-state index is 0.0397. The zero-order valence-corrected chi connectivity index (χ0v) is 20.1. The molecule has 172 valence electrons. The summed E-state index contributed by atoms with van der Waals surface area (Å²) in [4.78, 5) is 37.8. The Morgan fingerprint density at radius 3 is 2.34 bits per heavy atom. The number of nitrogens with one attached hydrogen (secondary N) is 1. The zero-order valence-electron chi connectivity index (χ0n) is 19.3. The van der Waals surface area contributed by atoms with E-state index in [0.29, 0.717) is 12.3 Å². The summed E-state index contributed by atoms with van der Waals surface area (Å²) in [6.45, 7) is 9.80. The van der Waals surface area contributed by atoms with Gasteiger partial charge in [0.1, 0.15) is 6.04 Å². The van der Waals surface area contributed by atoms with Gasteiger partial charge in [-0.3, -0.25) is 19.7 Å². The molecule has 7 nitrogen and oxygen atoms in total. The lowest BCUT2D eigenvalue weighted by atomic mass is 10.1. The molecule has 1 unspecified atom stereocenters. The summed E-state index contributed by atoms with van der Waals surface area (Å²) in [5.41, 5.74) is 2.60. The molecule has 0 radical (unpaired) electrons. The third-order valence-corrected chi connectivity index (χ3v) is 5.73. The zero-order chi connectivity index (χ0) is 23.9. The summed E-state index contributed by atoms with van der Waals surface area (Å²) < 4.78 is 0. The number of nitrogens with zero attached hydrogens (tertiary/aromatic N) is 2. The fourth-order valence-corrected chi connectivity index (χ4v) is 3.99. The van der Waals surface area contributed by atoms with Crippen molar-refractivity contribution in [3.8, 4) is 0 Å². The van der Waals surface area contributed by atoms with Gasteiger partial charge in [0.05, 0.1) is 10.7 Å². The molecule has 2 rings (SSSR count). The van der Waals surface area contributed by atoms with E-state index in [-0.39, 0.29) is 23.3 Å². The molecule has 1 atom stereocenters. The summed E-state index contributed by atoms with van der Waals surface area (Å²) in [5, 5.41) is 13.7. The van der Waals surface area contributed by atoms with Crippen LogP contribution in [0.25, 0.3) is 0 Å². The average Bonchev–Trinajstić information content (AvgIpc) is 2.70. The number of nitro groups is 1. The molecule has 32 heavy (non-hydrogen) atoms. The first-order chi connectivity index (χ1) is 15.0. The number of hydrogen-bond donors (Lipinski definition) is 1. The smallest absolute Gasteiger partial charge is 0.269 e. The lowest BCUT2D eigenvalue weighted by Crippen LogP contribution is -2.52. The topological polar surface area (TPSA) is 92.6 Å². The first kappa shape index (κ1) is 25.4. The van der Waals surface area contributed by atoms with E-state index >= 15 is 0 Å². The Labute approximate surface area is 193 Å². The SMILES string of the molecule is Cc1cccc(CN(C(=O)CSCc2ccc([N+](=O)[O-])cc2)C(C)C(=O)NC(C)(C)C)c1. The van der Waals surface area contributed by atoms with Gasteiger partial charge in [0, 0.05) is 30.0 Å². The number of thioether (sulfide) groups is 1. The lowest BCUT2D eigenvalue weighted by Gasteiger charge is -2.31. The van der Waals surface area contributed by atoms with Crippen molar-refractivity contribution in [2.75, 3.05) is 5.75 Å². The van der Waals surface area contributed by atoms with Crippen LogP contribution in [0.1, 0.15) is 44.4 Å². The molecule has 0 saturated carbocycles. The first-order valence-corrected chi connectivity index (χ1v) is 11.6. The number of amides is 2. The van der Waals surface area contributed by atoms with Crippen LogP contribution in [0.4, 0.5) is 5.69 Å². The molecule has 0 saturated heterocycles. The van der Waals surface area contributed by atoms with Gasteiger partial charge in [-0.15, -0.1) is 11.8 Å².